The molecule has 0 aromatic heterocycles. The number of hydrogen-bond acceptors (Lipinski definition) is 2. The van der Waals surface area contributed by atoms with Crippen LogP contribution in [-0.2, 0) is 6.54 Å². The summed E-state index contributed by atoms with van der Waals surface area (Å²) in [7, 11) is 0. The molecule has 2 heteroatoms. The van der Waals surface area contributed by atoms with Crippen LogP contribution in [0.2, 0.25) is 0 Å². The molecule has 0 saturated carbocycles. The van der Waals surface area contributed by atoms with Gasteiger partial charge in [0.25, 0.3) is 0 Å². The quantitative estimate of drug-likeness (QED) is 0.743. The topological polar surface area (TPSA) is 38.0 Å². The highest BCUT2D eigenvalue weighted by Gasteiger charge is 2.01. The highest BCUT2D eigenvalue weighted by molar-refractivity contribution is 5.36. The lowest BCUT2D eigenvalue weighted by Crippen LogP contribution is -2.20. The van der Waals surface area contributed by atoms with Crippen molar-refractivity contribution in [1.29, 1.82) is 0 Å². The minimum absolute atomic E-state index is 0.320. The van der Waals surface area contributed by atoms with Crippen molar-refractivity contribution in [1.82, 2.24) is 5.32 Å². The van der Waals surface area contributed by atoms with Crippen molar-refractivity contribution < 1.29 is 0 Å². The molecule has 0 bridgehead atoms. The lowest BCUT2D eigenvalue weighted by molar-refractivity contribution is 0.574. The largest absolute Gasteiger partial charge is 0.328 e. The average molecular weight is 234 g/mol. The van der Waals surface area contributed by atoms with E-state index in [1.165, 1.54) is 22.3 Å². The standard InChI is InChI=1S/C15H26N2/c1-11-8-13(3)15(9-12(11)2)10-17-7-5-6-14(4)16/h8-9,14,17H,5-7,10,16H2,1-4H3. The van der Waals surface area contributed by atoms with E-state index in [1.807, 2.05) is 0 Å². The van der Waals surface area contributed by atoms with E-state index in [9.17, 15) is 0 Å². The molecule has 1 atom stereocenters. The Balaban J connectivity index is 2.39. The molecule has 0 aliphatic rings. The van der Waals surface area contributed by atoms with Gasteiger partial charge in [-0.2, -0.15) is 0 Å². The van der Waals surface area contributed by atoms with Gasteiger partial charge in [0.15, 0.2) is 0 Å². The van der Waals surface area contributed by atoms with E-state index in [0.29, 0.717) is 6.04 Å². The molecule has 1 unspecified atom stereocenters. The van der Waals surface area contributed by atoms with Crippen LogP contribution in [0.4, 0.5) is 0 Å². The fraction of sp³-hybridized carbons (Fsp3) is 0.600. The van der Waals surface area contributed by atoms with Crippen molar-refractivity contribution in [2.24, 2.45) is 5.73 Å². The summed E-state index contributed by atoms with van der Waals surface area (Å²) in [6.45, 7) is 10.6. The summed E-state index contributed by atoms with van der Waals surface area (Å²) in [5.41, 5.74) is 11.3. The van der Waals surface area contributed by atoms with Crippen molar-refractivity contribution in [2.45, 2.75) is 53.1 Å². The molecule has 0 radical (unpaired) electrons. The van der Waals surface area contributed by atoms with E-state index < -0.39 is 0 Å². The lowest BCUT2D eigenvalue weighted by Gasteiger charge is -2.11. The summed E-state index contributed by atoms with van der Waals surface area (Å²) in [6.07, 6.45) is 2.25. The third-order valence-corrected chi connectivity index (χ3v) is 3.28. The van der Waals surface area contributed by atoms with Gasteiger partial charge in [0.1, 0.15) is 0 Å². The number of nitrogens with one attached hydrogen (secondary N) is 1. The first kappa shape index (κ1) is 14.2. The van der Waals surface area contributed by atoms with Crippen LogP contribution in [0.25, 0.3) is 0 Å². The van der Waals surface area contributed by atoms with Gasteiger partial charge in [0, 0.05) is 12.6 Å². The van der Waals surface area contributed by atoms with Gasteiger partial charge in [-0.25, -0.2) is 0 Å². The summed E-state index contributed by atoms with van der Waals surface area (Å²) in [4.78, 5) is 0. The number of nitrogens with two attached hydrogens (primary N) is 1. The van der Waals surface area contributed by atoms with Crippen LogP contribution >= 0.6 is 0 Å². The van der Waals surface area contributed by atoms with Crippen LogP contribution in [-0.4, -0.2) is 12.6 Å². The Morgan fingerprint density at radius 3 is 2.41 bits per heavy atom. The maximum Gasteiger partial charge on any atom is 0.0208 e. The predicted molar refractivity (Wildman–Crippen MR) is 75.2 cm³/mol. The normalized spacial score (nSPS) is 12.8. The van der Waals surface area contributed by atoms with Gasteiger partial charge in [-0.05, 0) is 69.3 Å². The minimum Gasteiger partial charge on any atom is -0.328 e. The van der Waals surface area contributed by atoms with Gasteiger partial charge in [0.2, 0.25) is 0 Å². The molecule has 0 aliphatic heterocycles. The van der Waals surface area contributed by atoms with Crippen molar-refractivity contribution in [3.63, 3.8) is 0 Å². The molecule has 1 rings (SSSR count). The molecular weight excluding hydrogens is 208 g/mol. The number of aryl methyl sites for hydroxylation is 3. The number of rotatable bonds is 6. The van der Waals surface area contributed by atoms with Crippen LogP contribution in [0.5, 0.6) is 0 Å². The Hall–Kier alpha value is -0.860. The fourth-order valence-corrected chi connectivity index (χ4v) is 1.98. The third-order valence-electron chi connectivity index (χ3n) is 3.28. The molecule has 96 valence electrons. The van der Waals surface area contributed by atoms with Gasteiger partial charge < -0.3 is 11.1 Å². The van der Waals surface area contributed by atoms with E-state index in [-0.39, 0.29) is 0 Å². The fourth-order valence-electron chi connectivity index (χ4n) is 1.98. The van der Waals surface area contributed by atoms with Crippen LogP contribution in [0.3, 0.4) is 0 Å². The summed E-state index contributed by atoms with van der Waals surface area (Å²) in [6, 6.07) is 4.89. The zero-order valence-electron chi connectivity index (χ0n) is 11.6. The Bertz CT molecular complexity index is 356. The first-order chi connectivity index (χ1) is 8.00. The van der Waals surface area contributed by atoms with Gasteiger partial charge in [-0.15, -0.1) is 0 Å². The second-order valence-corrected chi connectivity index (χ2v) is 5.16. The average Bonchev–Trinajstić information content (AvgIpc) is 2.24. The van der Waals surface area contributed by atoms with E-state index in [0.717, 1.165) is 25.9 Å². The summed E-state index contributed by atoms with van der Waals surface area (Å²) in [5.74, 6) is 0. The van der Waals surface area contributed by atoms with Gasteiger partial charge >= 0.3 is 0 Å². The van der Waals surface area contributed by atoms with Crippen LogP contribution in [0.15, 0.2) is 12.1 Å². The SMILES string of the molecule is Cc1cc(C)c(CNCCCC(C)N)cc1C. The van der Waals surface area contributed by atoms with E-state index >= 15 is 0 Å². The second kappa shape index (κ2) is 6.77. The maximum absolute atomic E-state index is 5.72. The first-order valence-corrected chi connectivity index (χ1v) is 6.53. The van der Waals surface area contributed by atoms with Gasteiger partial charge in [-0.3, -0.25) is 0 Å². The molecule has 3 N–H and O–H groups in total. The molecule has 0 spiro atoms. The smallest absolute Gasteiger partial charge is 0.0208 e. The van der Waals surface area contributed by atoms with Crippen LogP contribution in [0.1, 0.15) is 42.0 Å². The highest BCUT2D eigenvalue weighted by Crippen LogP contribution is 2.15. The molecule has 1 aromatic rings. The van der Waals surface area contributed by atoms with Crippen molar-refractivity contribution in [3.05, 3.63) is 34.4 Å². The molecule has 2 nitrogen and oxygen atoms in total. The van der Waals surface area contributed by atoms with E-state index in [4.69, 9.17) is 5.73 Å². The van der Waals surface area contributed by atoms with Crippen molar-refractivity contribution >= 4 is 0 Å². The van der Waals surface area contributed by atoms with Crippen molar-refractivity contribution in [2.75, 3.05) is 6.54 Å². The highest BCUT2D eigenvalue weighted by atomic mass is 14.8. The number of hydrogen-bond donors (Lipinski definition) is 2. The Kier molecular flexibility index (Phi) is 5.66. The zero-order chi connectivity index (χ0) is 12.8. The van der Waals surface area contributed by atoms with E-state index in [2.05, 4.69) is 45.1 Å². The van der Waals surface area contributed by atoms with E-state index in [1.54, 1.807) is 0 Å². The summed E-state index contributed by atoms with van der Waals surface area (Å²) in [5, 5.41) is 3.49. The van der Waals surface area contributed by atoms with Crippen LogP contribution < -0.4 is 11.1 Å². The number of benzene rings is 1. The molecule has 0 amide bonds. The van der Waals surface area contributed by atoms with Crippen molar-refractivity contribution in [3.8, 4) is 0 Å². The molecule has 1 aromatic carbocycles. The Morgan fingerprint density at radius 1 is 1.12 bits per heavy atom. The molecule has 17 heavy (non-hydrogen) atoms. The lowest BCUT2D eigenvalue weighted by atomic mass is 10.0. The monoisotopic (exact) mass is 234 g/mol. The first-order valence-electron chi connectivity index (χ1n) is 6.53. The van der Waals surface area contributed by atoms with Gasteiger partial charge in [0.05, 0.1) is 0 Å². The van der Waals surface area contributed by atoms with Crippen LogP contribution in [0, 0.1) is 20.8 Å². The minimum atomic E-state index is 0.320. The zero-order valence-corrected chi connectivity index (χ0v) is 11.6. The summed E-state index contributed by atoms with van der Waals surface area (Å²) >= 11 is 0. The maximum atomic E-state index is 5.72. The molecule has 0 aliphatic carbocycles. The predicted octanol–water partition coefficient (Wildman–Crippen LogP) is 2.83. The Labute approximate surface area is 106 Å². The molecule has 0 heterocycles. The molecule has 0 saturated heterocycles. The second-order valence-electron chi connectivity index (χ2n) is 5.16. The molecule has 0 fully saturated rings. The molecular formula is C15H26N2. The third kappa shape index (κ3) is 4.88. The summed E-state index contributed by atoms with van der Waals surface area (Å²) < 4.78 is 0. The Morgan fingerprint density at radius 2 is 1.76 bits per heavy atom. The van der Waals surface area contributed by atoms with Gasteiger partial charge in [-0.1, -0.05) is 12.1 Å².